The van der Waals surface area contributed by atoms with Crippen LogP contribution in [0, 0.1) is 16.6 Å². The Labute approximate surface area is 181 Å². The molecule has 168 valence electrons. The maximum Gasteiger partial charge on any atom is 0.177 e. The first kappa shape index (κ1) is 20.7. The number of benzene rings is 1. The predicted octanol–water partition coefficient (Wildman–Crippen LogP) is 2.39. The van der Waals surface area contributed by atoms with Gasteiger partial charge in [0.15, 0.2) is 6.29 Å². The highest BCUT2D eigenvalue weighted by atomic mass is 19.1. The molecular formula is C22H30FN5O3. The molecule has 0 atom stereocenters. The number of hydrogen-bond acceptors (Lipinski definition) is 7. The first-order valence-electron chi connectivity index (χ1n) is 10.7. The van der Waals surface area contributed by atoms with Crippen molar-refractivity contribution in [2.45, 2.75) is 26.7 Å². The molecule has 1 aromatic heterocycles. The summed E-state index contributed by atoms with van der Waals surface area (Å²) in [6.07, 6.45) is 1.46. The molecule has 3 aliphatic rings. The summed E-state index contributed by atoms with van der Waals surface area (Å²) in [4.78, 5) is 4.07. The van der Waals surface area contributed by atoms with E-state index in [4.69, 9.17) is 14.2 Å². The van der Waals surface area contributed by atoms with Crippen molar-refractivity contribution < 1.29 is 18.6 Å². The van der Waals surface area contributed by atoms with Gasteiger partial charge in [0, 0.05) is 43.9 Å². The van der Waals surface area contributed by atoms with Crippen LogP contribution in [0.25, 0.3) is 11.3 Å². The van der Waals surface area contributed by atoms with Crippen molar-refractivity contribution >= 4 is 11.4 Å². The lowest BCUT2D eigenvalue weighted by Crippen LogP contribution is -2.66. The zero-order chi connectivity index (χ0) is 21.8. The van der Waals surface area contributed by atoms with Crippen molar-refractivity contribution in [3.05, 3.63) is 24.1 Å². The third-order valence-corrected chi connectivity index (χ3v) is 6.23. The normalized spacial score (nSPS) is 22.3. The van der Waals surface area contributed by atoms with Crippen molar-refractivity contribution in [2.24, 2.45) is 10.8 Å². The molecule has 1 aromatic carbocycles. The van der Waals surface area contributed by atoms with E-state index in [2.05, 4.69) is 29.1 Å². The molecule has 4 heterocycles. The maximum atomic E-state index is 15.1. The lowest BCUT2D eigenvalue weighted by Gasteiger charge is -2.56. The minimum absolute atomic E-state index is 0.0195. The Morgan fingerprint density at radius 1 is 1.13 bits per heavy atom. The highest BCUT2D eigenvalue weighted by molar-refractivity contribution is 5.80. The highest BCUT2D eigenvalue weighted by Crippen LogP contribution is 2.43. The van der Waals surface area contributed by atoms with E-state index in [1.807, 2.05) is 31.3 Å². The second kappa shape index (κ2) is 7.43. The van der Waals surface area contributed by atoms with Crippen LogP contribution in [0.5, 0.6) is 0 Å². The number of anilines is 2. The summed E-state index contributed by atoms with van der Waals surface area (Å²) in [5, 5.41) is 8.51. The minimum Gasteiger partial charge on any atom is -0.380 e. The van der Waals surface area contributed by atoms with Crippen LogP contribution in [0.4, 0.5) is 15.8 Å². The maximum absolute atomic E-state index is 15.1. The van der Waals surface area contributed by atoms with Gasteiger partial charge in [-0.25, -0.2) is 9.07 Å². The summed E-state index contributed by atoms with van der Waals surface area (Å²) in [5.41, 5.74) is 3.12. The average molecular weight is 432 g/mol. The fourth-order valence-electron chi connectivity index (χ4n) is 4.37. The van der Waals surface area contributed by atoms with Crippen LogP contribution in [0.15, 0.2) is 18.3 Å². The fourth-order valence-corrected chi connectivity index (χ4v) is 4.37. The van der Waals surface area contributed by atoms with Crippen molar-refractivity contribution in [3.8, 4) is 11.3 Å². The molecule has 0 saturated carbocycles. The second-order valence-electron chi connectivity index (χ2n) is 10.1. The van der Waals surface area contributed by atoms with Crippen LogP contribution < -0.4 is 9.80 Å². The zero-order valence-corrected chi connectivity index (χ0v) is 18.6. The molecular weight excluding hydrogens is 401 g/mol. The summed E-state index contributed by atoms with van der Waals surface area (Å²) < 4.78 is 33.7. The molecule has 8 nitrogen and oxygen atoms in total. The van der Waals surface area contributed by atoms with E-state index >= 15 is 4.39 Å². The standard InChI is InChI=1S/C22H30FN5O3/c1-21(2)11-30-20(31-12-21)8-28-7-17(24-25-28)15-5-16(23)19(6-18(15)26(3)4)27-9-22(10-27)13-29-14-22/h5-7,20H,8-14H2,1-4H3. The third kappa shape index (κ3) is 3.90. The zero-order valence-electron chi connectivity index (χ0n) is 18.6. The van der Waals surface area contributed by atoms with Crippen LogP contribution in [-0.4, -0.2) is 74.9 Å². The number of hydrogen-bond donors (Lipinski definition) is 0. The third-order valence-electron chi connectivity index (χ3n) is 6.23. The molecule has 0 amide bonds. The predicted molar refractivity (Wildman–Crippen MR) is 115 cm³/mol. The molecule has 1 spiro atoms. The van der Waals surface area contributed by atoms with Crippen molar-refractivity contribution in [1.82, 2.24) is 15.0 Å². The second-order valence-corrected chi connectivity index (χ2v) is 10.1. The van der Waals surface area contributed by atoms with E-state index < -0.39 is 0 Å². The van der Waals surface area contributed by atoms with Crippen LogP contribution in [-0.2, 0) is 20.8 Å². The Balaban J connectivity index is 1.34. The largest absolute Gasteiger partial charge is 0.380 e. The Morgan fingerprint density at radius 2 is 1.84 bits per heavy atom. The summed E-state index contributed by atoms with van der Waals surface area (Å²) in [6.45, 7) is 9.17. The molecule has 0 aliphatic carbocycles. The van der Waals surface area contributed by atoms with Crippen molar-refractivity contribution in [2.75, 3.05) is 63.4 Å². The van der Waals surface area contributed by atoms with Gasteiger partial charge in [-0.3, -0.25) is 0 Å². The van der Waals surface area contributed by atoms with E-state index in [0.29, 0.717) is 36.7 Å². The van der Waals surface area contributed by atoms with Gasteiger partial charge in [0.05, 0.1) is 50.3 Å². The van der Waals surface area contributed by atoms with Crippen LogP contribution in [0.2, 0.25) is 0 Å². The van der Waals surface area contributed by atoms with Gasteiger partial charge in [-0.2, -0.15) is 0 Å². The summed E-state index contributed by atoms with van der Waals surface area (Å²) >= 11 is 0. The van der Waals surface area contributed by atoms with Crippen LogP contribution in [0.1, 0.15) is 13.8 Å². The molecule has 0 N–H and O–H groups in total. The molecule has 0 bridgehead atoms. The van der Waals surface area contributed by atoms with Crippen molar-refractivity contribution in [3.63, 3.8) is 0 Å². The van der Waals surface area contributed by atoms with E-state index in [-0.39, 0.29) is 22.9 Å². The summed E-state index contributed by atoms with van der Waals surface area (Å²) in [7, 11) is 3.90. The van der Waals surface area contributed by atoms with Crippen LogP contribution in [0.3, 0.4) is 0 Å². The Hall–Kier alpha value is -2.23. The van der Waals surface area contributed by atoms with E-state index in [9.17, 15) is 0 Å². The fraction of sp³-hybridized carbons (Fsp3) is 0.636. The van der Waals surface area contributed by atoms with Gasteiger partial charge in [0.25, 0.3) is 0 Å². The van der Waals surface area contributed by atoms with Gasteiger partial charge >= 0.3 is 0 Å². The Kier molecular flexibility index (Phi) is 4.95. The monoisotopic (exact) mass is 431 g/mol. The highest BCUT2D eigenvalue weighted by Gasteiger charge is 2.49. The van der Waals surface area contributed by atoms with Gasteiger partial charge in [-0.1, -0.05) is 19.1 Å². The van der Waals surface area contributed by atoms with Gasteiger partial charge < -0.3 is 24.0 Å². The van der Waals surface area contributed by atoms with Gasteiger partial charge in [0.1, 0.15) is 11.5 Å². The molecule has 3 saturated heterocycles. The lowest BCUT2D eigenvalue weighted by molar-refractivity contribution is -0.227. The minimum atomic E-state index is -0.357. The number of ether oxygens (including phenoxy) is 3. The summed E-state index contributed by atoms with van der Waals surface area (Å²) in [5.74, 6) is -0.244. The molecule has 2 aromatic rings. The van der Waals surface area contributed by atoms with E-state index in [1.54, 1.807) is 10.7 Å². The Bertz CT molecular complexity index is 954. The Morgan fingerprint density at radius 3 is 2.45 bits per heavy atom. The molecule has 9 heteroatoms. The number of halogens is 1. The van der Waals surface area contributed by atoms with Crippen LogP contribution >= 0.6 is 0 Å². The first-order chi connectivity index (χ1) is 14.7. The summed E-state index contributed by atoms with van der Waals surface area (Å²) in [6, 6.07) is 3.48. The smallest absolute Gasteiger partial charge is 0.177 e. The van der Waals surface area contributed by atoms with E-state index in [1.165, 1.54) is 0 Å². The van der Waals surface area contributed by atoms with Gasteiger partial charge in [-0.05, 0) is 12.1 Å². The van der Waals surface area contributed by atoms with E-state index in [0.717, 1.165) is 32.0 Å². The number of aromatic nitrogens is 3. The van der Waals surface area contributed by atoms with Crippen molar-refractivity contribution in [1.29, 1.82) is 0 Å². The number of nitrogens with zero attached hydrogens (tertiary/aromatic N) is 5. The molecule has 0 radical (unpaired) electrons. The SMILES string of the molecule is CN(C)c1cc(N2CC3(COC3)C2)c(F)cc1-c1cn(CC2OCC(C)(C)CO2)nn1. The molecule has 5 rings (SSSR count). The van der Waals surface area contributed by atoms with Gasteiger partial charge in [-0.15, -0.1) is 5.10 Å². The van der Waals surface area contributed by atoms with Gasteiger partial charge in [0.2, 0.25) is 0 Å². The first-order valence-corrected chi connectivity index (χ1v) is 10.7. The molecule has 0 unspecified atom stereocenters. The number of rotatable bonds is 5. The topological polar surface area (TPSA) is 64.9 Å². The molecule has 3 fully saturated rings. The molecule has 31 heavy (non-hydrogen) atoms. The quantitative estimate of drug-likeness (QED) is 0.720. The molecule has 3 aliphatic heterocycles. The lowest BCUT2D eigenvalue weighted by atomic mass is 9.77. The average Bonchev–Trinajstić information content (AvgIpc) is 3.10.